The Kier molecular flexibility index (Phi) is 5.63. The van der Waals surface area contributed by atoms with E-state index in [9.17, 15) is 9.18 Å². The maximum Gasteiger partial charge on any atom is 0.234 e. The van der Waals surface area contributed by atoms with Crippen molar-refractivity contribution < 1.29 is 9.18 Å². The molecule has 1 amide bonds. The summed E-state index contributed by atoms with van der Waals surface area (Å²) in [7, 11) is 0. The molecule has 0 saturated heterocycles. The fraction of sp³-hybridized carbons (Fsp3) is 0.0588. The number of rotatable bonds is 5. The molecule has 0 radical (unpaired) electrons. The van der Waals surface area contributed by atoms with Crippen molar-refractivity contribution in [2.45, 2.75) is 5.16 Å². The third-order valence-electron chi connectivity index (χ3n) is 3.27. The van der Waals surface area contributed by atoms with Crippen LogP contribution in [0.3, 0.4) is 0 Å². The average Bonchev–Trinajstić information content (AvgIpc) is 3.06. The quantitative estimate of drug-likeness (QED) is 0.579. The van der Waals surface area contributed by atoms with Gasteiger partial charge in [-0.15, -0.1) is 0 Å². The van der Waals surface area contributed by atoms with Gasteiger partial charge >= 0.3 is 0 Å². The second-order valence-electron chi connectivity index (χ2n) is 5.04. The van der Waals surface area contributed by atoms with Crippen molar-refractivity contribution in [3.05, 3.63) is 64.5 Å². The van der Waals surface area contributed by atoms with Gasteiger partial charge in [0.15, 0.2) is 5.16 Å². The van der Waals surface area contributed by atoms with Crippen molar-refractivity contribution in [2.75, 3.05) is 11.1 Å². The molecule has 0 atom stereocenters. The van der Waals surface area contributed by atoms with Crippen LogP contribution in [0.2, 0.25) is 10.0 Å². The molecular formula is C17H12Cl2FN3OS. The number of aromatic nitrogens is 2. The Labute approximate surface area is 157 Å². The standard InChI is InChI=1S/C17H12Cl2FN3OS/c18-12-2-1-3-13(19)16(12)23-15(24)9-25-17-21-8-14(22-17)10-4-6-11(20)7-5-10/h1-8H,9H2,(H,21,22)(H,23,24). The summed E-state index contributed by atoms with van der Waals surface area (Å²) in [5, 5.41) is 4.02. The maximum atomic E-state index is 13.0. The fourth-order valence-corrected chi connectivity index (χ4v) is 3.22. The first-order valence-electron chi connectivity index (χ1n) is 7.20. The van der Waals surface area contributed by atoms with Gasteiger partial charge in [-0.2, -0.15) is 0 Å². The van der Waals surface area contributed by atoms with Crippen molar-refractivity contribution in [3.63, 3.8) is 0 Å². The summed E-state index contributed by atoms with van der Waals surface area (Å²) in [6, 6.07) is 11.1. The van der Waals surface area contributed by atoms with Gasteiger partial charge in [-0.3, -0.25) is 4.79 Å². The van der Waals surface area contributed by atoms with Gasteiger partial charge < -0.3 is 10.3 Å². The molecule has 0 fully saturated rings. The van der Waals surface area contributed by atoms with Crippen molar-refractivity contribution in [1.29, 1.82) is 0 Å². The smallest absolute Gasteiger partial charge is 0.234 e. The number of halogens is 3. The lowest BCUT2D eigenvalue weighted by atomic mass is 10.2. The molecule has 2 aromatic carbocycles. The minimum atomic E-state index is -0.298. The number of hydrogen-bond acceptors (Lipinski definition) is 3. The Morgan fingerprint density at radius 3 is 2.52 bits per heavy atom. The third kappa shape index (κ3) is 4.54. The Morgan fingerprint density at radius 2 is 1.84 bits per heavy atom. The second-order valence-corrected chi connectivity index (χ2v) is 6.82. The molecule has 1 heterocycles. The Balaban J connectivity index is 1.60. The first kappa shape index (κ1) is 17.8. The normalized spacial score (nSPS) is 10.7. The number of hydrogen-bond donors (Lipinski definition) is 2. The first-order chi connectivity index (χ1) is 12.0. The monoisotopic (exact) mass is 395 g/mol. The minimum absolute atomic E-state index is 0.137. The highest BCUT2D eigenvalue weighted by Crippen LogP contribution is 2.30. The largest absolute Gasteiger partial charge is 0.333 e. The zero-order valence-corrected chi connectivity index (χ0v) is 15.1. The number of nitrogens with one attached hydrogen (secondary N) is 2. The molecule has 0 saturated carbocycles. The molecule has 0 aliphatic heterocycles. The first-order valence-corrected chi connectivity index (χ1v) is 8.94. The number of benzene rings is 2. The van der Waals surface area contributed by atoms with E-state index in [1.807, 2.05) is 0 Å². The highest BCUT2D eigenvalue weighted by Gasteiger charge is 2.11. The van der Waals surface area contributed by atoms with Crippen LogP contribution in [0.1, 0.15) is 0 Å². The molecule has 3 rings (SSSR count). The lowest BCUT2D eigenvalue weighted by Crippen LogP contribution is -2.14. The molecule has 4 nitrogen and oxygen atoms in total. The van der Waals surface area contributed by atoms with E-state index < -0.39 is 0 Å². The highest BCUT2D eigenvalue weighted by atomic mass is 35.5. The van der Waals surface area contributed by atoms with Crippen molar-refractivity contribution in [3.8, 4) is 11.3 Å². The number of aromatic amines is 1. The third-order valence-corrected chi connectivity index (χ3v) is 4.79. The lowest BCUT2D eigenvalue weighted by Gasteiger charge is -2.08. The lowest BCUT2D eigenvalue weighted by molar-refractivity contribution is -0.113. The van der Waals surface area contributed by atoms with Crippen LogP contribution in [0.5, 0.6) is 0 Å². The van der Waals surface area contributed by atoms with Crippen LogP contribution in [0.4, 0.5) is 10.1 Å². The minimum Gasteiger partial charge on any atom is -0.333 e. The fourth-order valence-electron chi connectivity index (χ4n) is 2.08. The van der Waals surface area contributed by atoms with E-state index in [0.29, 0.717) is 20.9 Å². The molecule has 1 aromatic heterocycles. The summed E-state index contributed by atoms with van der Waals surface area (Å²) in [6.07, 6.45) is 1.64. The number of nitrogens with zero attached hydrogens (tertiary/aromatic N) is 1. The van der Waals surface area contributed by atoms with Gasteiger partial charge in [0, 0.05) is 0 Å². The van der Waals surface area contributed by atoms with Crippen molar-refractivity contribution in [2.24, 2.45) is 0 Å². The van der Waals surface area contributed by atoms with Gasteiger partial charge in [-0.05, 0) is 42.0 Å². The van der Waals surface area contributed by atoms with E-state index in [1.165, 1.54) is 23.9 Å². The summed E-state index contributed by atoms with van der Waals surface area (Å²) >= 11 is 13.3. The highest BCUT2D eigenvalue weighted by molar-refractivity contribution is 7.99. The molecule has 2 N–H and O–H groups in total. The summed E-state index contributed by atoms with van der Waals surface area (Å²) in [5.41, 5.74) is 1.95. The molecular weight excluding hydrogens is 384 g/mol. The van der Waals surface area contributed by atoms with Gasteiger partial charge in [0.05, 0.1) is 33.4 Å². The predicted octanol–water partition coefficient (Wildman–Crippen LogP) is 5.25. The van der Waals surface area contributed by atoms with Gasteiger partial charge in [0.25, 0.3) is 0 Å². The van der Waals surface area contributed by atoms with Crippen LogP contribution in [-0.2, 0) is 4.79 Å². The summed E-state index contributed by atoms with van der Waals surface area (Å²) < 4.78 is 13.0. The van der Waals surface area contributed by atoms with Gasteiger partial charge in [0.2, 0.25) is 5.91 Å². The van der Waals surface area contributed by atoms with Gasteiger partial charge in [-0.1, -0.05) is 41.0 Å². The molecule has 0 aliphatic rings. The molecule has 0 unspecified atom stereocenters. The molecule has 0 spiro atoms. The number of para-hydroxylation sites is 1. The number of thioether (sulfide) groups is 1. The van der Waals surface area contributed by atoms with Crippen LogP contribution < -0.4 is 5.32 Å². The van der Waals surface area contributed by atoms with Crippen LogP contribution in [-0.4, -0.2) is 21.6 Å². The topological polar surface area (TPSA) is 57.8 Å². The Bertz CT molecular complexity index is 879. The van der Waals surface area contributed by atoms with Crippen LogP contribution in [0, 0.1) is 5.82 Å². The Hall–Kier alpha value is -2.02. The second kappa shape index (κ2) is 7.91. The van der Waals surface area contributed by atoms with E-state index in [2.05, 4.69) is 15.3 Å². The summed E-state index contributed by atoms with van der Waals surface area (Å²) in [6.45, 7) is 0. The molecule has 0 aliphatic carbocycles. The number of anilines is 1. The summed E-state index contributed by atoms with van der Waals surface area (Å²) in [4.78, 5) is 19.4. The van der Waals surface area contributed by atoms with Crippen molar-refractivity contribution >= 4 is 46.6 Å². The Morgan fingerprint density at radius 1 is 1.16 bits per heavy atom. The van der Waals surface area contributed by atoms with Crippen molar-refractivity contribution in [1.82, 2.24) is 9.97 Å². The van der Waals surface area contributed by atoms with E-state index in [-0.39, 0.29) is 17.5 Å². The predicted molar refractivity (Wildman–Crippen MR) is 99.8 cm³/mol. The average molecular weight is 396 g/mol. The molecule has 3 aromatic rings. The van der Waals surface area contributed by atoms with Gasteiger partial charge in [-0.25, -0.2) is 9.37 Å². The zero-order valence-electron chi connectivity index (χ0n) is 12.7. The molecule has 0 bridgehead atoms. The van der Waals surface area contributed by atoms with E-state index in [4.69, 9.17) is 23.2 Å². The van der Waals surface area contributed by atoms with Gasteiger partial charge in [0.1, 0.15) is 5.82 Å². The SMILES string of the molecule is O=C(CSc1ncc(-c2ccc(F)cc2)[nH]1)Nc1c(Cl)cccc1Cl. The van der Waals surface area contributed by atoms with Crippen LogP contribution >= 0.6 is 35.0 Å². The van der Waals surface area contributed by atoms with Crippen LogP contribution in [0.25, 0.3) is 11.3 Å². The number of H-pyrrole nitrogens is 1. The van der Waals surface area contributed by atoms with E-state index in [1.54, 1.807) is 36.5 Å². The number of carbonyl (C=O) groups excluding carboxylic acids is 1. The number of imidazole rings is 1. The molecule has 128 valence electrons. The number of amides is 1. The summed E-state index contributed by atoms with van der Waals surface area (Å²) in [5.74, 6) is -0.412. The zero-order chi connectivity index (χ0) is 17.8. The van der Waals surface area contributed by atoms with E-state index in [0.717, 1.165) is 11.3 Å². The molecule has 25 heavy (non-hydrogen) atoms. The van der Waals surface area contributed by atoms with E-state index >= 15 is 0 Å². The number of carbonyl (C=O) groups is 1. The molecule has 8 heteroatoms. The maximum absolute atomic E-state index is 13.0. The van der Waals surface area contributed by atoms with Crippen LogP contribution in [0.15, 0.2) is 53.8 Å².